The molecule has 9 heteroatoms. The van der Waals surface area contributed by atoms with Gasteiger partial charge in [-0.25, -0.2) is 4.79 Å². The fraction of sp³-hybridized carbons (Fsp3) is 0.667. The average molecular weight is 299 g/mol. The summed E-state index contributed by atoms with van der Waals surface area (Å²) in [4.78, 5) is 22.1. The molecule has 9 nitrogen and oxygen atoms in total. The highest BCUT2D eigenvalue weighted by Gasteiger charge is 2.34. The Labute approximate surface area is 122 Å². The van der Waals surface area contributed by atoms with Gasteiger partial charge in [0.2, 0.25) is 0 Å². The lowest BCUT2D eigenvalue weighted by Crippen LogP contribution is -2.45. The number of carbonyl (C=O) groups is 1. The van der Waals surface area contributed by atoms with Crippen LogP contribution in [0.2, 0.25) is 0 Å². The maximum atomic E-state index is 11.7. The predicted molar refractivity (Wildman–Crippen MR) is 75.9 cm³/mol. The highest BCUT2D eigenvalue weighted by atomic mass is 16.6. The molecular weight excluding hydrogens is 278 g/mol. The van der Waals surface area contributed by atoms with Gasteiger partial charge in [-0.3, -0.25) is 0 Å². The lowest BCUT2D eigenvalue weighted by molar-refractivity contribution is -0.390. The Hall–Kier alpha value is -2.16. The summed E-state index contributed by atoms with van der Waals surface area (Å²) in [5.41, 5.74) is 4.62. The highest BCUT2D eigenvalue weighted by Crippen LogP contribution is 2.28. The largest absolute Gasteiger partial charge is 0.444 e. The van der Waals surface area contributed by atoms with Gasteiger partial charge in [0.15, 0.2) is 0 Å². The Morgan fingerprint density at radius 3 is 2.62 bits per heavy atom. The van der Waals surface area contributed by atoms with Gasteiger partial charge in [-0.1, -0.05) is 12.0 Å². The minimum Gasteiger partial charge on any atom is -0.444 e. The molecule has 0 aromatic carbocycles. The second-order valence-corrected chi connectivity index (χ2v) is 6.01. The minimum atomic E-state index is -0.827. The second kappa shape index (κ2) is 6.08. The second-order valence-electron chi connectivity index (χ2n) is 6.01. The minimum absolute atomic E-state index is 0.0960. The van der Waals surface area contributed by atoms with E-state index in [-0.39, 0.29) is 18.9 Å². The Bertz CT molecular complexity index is 522. The molecule has 118 valence electrons. The van der Waals surface area contributed by atoms with E-state index in [1.165, 1.54) is 6.20 Å². The van der Waals surface area contributed by atoms with Gasteiger partial charge in [-0.15, -0.1) is 5.10 Å². The number of hydrogen-bond acceptors (Lipinski definition) is 6. The van der Waals surface area contributed by atoms with Crippen molar-refractivity contribution in [2.45, 2.75) is 38.7 Å². The van der Waals surface area contributed by atoms with E-state index in [4.69, 9.17) is 10.5 Å². The molecule has 0 aliphatic heterocycles. The van der Waals surface area contributed by atoms with Crippen LogP contribution in [0.4, 0.5) is 10.6 Å². The van der Waals surface area contributed by atoms with Crippen LogP contribution < -0.4 is 11.1 Å². The summed E-state index contributed by atoms with van der Waals surface area (Å²) in [6, 6.07) is 0. The van der Waals surface area contributed by atoms with E-state index >= 15 is 0 Å². The number of amides is 1. The number of aromatic nitrogens is 2. The Balaban J connectivity index is 2.84. The molecule has 1 heterocycles. The van der Waals surface area contributed by atoms with Gasteiger partial charge < -0.3 is 25.9 Å². The van der Waals surface area contributed by atoms with Crippen LogP contribution in [0.15, 0.2) is 6.20 Å². The average Bonchev–Trinajstić information content (AvgIpc) is 2.84. The van der Waals surface area contributed by atoms with Crippen LogP contribution in [0, 0.1) is 10.1 Å². The molecule has 1 rings (SSSR count). The van der Waals surface area contributed by atoms with Gasteiger partial charge in [0.05, 0.1) is 11.8 Å². The zero-order chi connectivity index (χ0) is 16.3. The number of nitrogens with zero attached hydrogens (tertiary/aromatic N) is 2. The van der Waals surface area contributed by atoms with Gasteiger partial charge in [0, 0.05) is 18.5 Å². The molecule has 1 unspecified atom stereocenters. The van der Waals surface area contributed by atoms with Crippen molar-refractivity contribution >= 4 is 11.9 Å². The molecule has 4 N–H and O–H groups in total. The van der Waals surface area contributed by atoms with Gasteiger partial charge >= 0.3 is 11.9 Å². The van der Waals surface area contributed by atoms with Crippen LogP contribution >= 0.6 is 0 Å². The van der Waals surface area contributed by atoms with Gasteiger partial charge in [-0.2, -0.15) is 0 Å². The van der Waals surface area contributed by atoms with E-state index in [2.05, 4.69) is 15.5 Å². The molecular formula is C12H21N5O4. The zero-order valence-corrected chi connectivity index (χ0v) is 12.6. The molecule has 0 fully saturated rings. The quantitative estimate of drug-likeness (QED) is 0.549. The summed E-state index contributed by atoms with van der Waals surface area (Å²) in [6.07, 6.45) is 0.746. The first kappa shape index (κ1) is 16.9. The number of nitro groups is 1. The Morgan fingerprint density at radius 1 is 1.52 bits per heavy atom. The third-order valence-corrected chi connectivity index (χ3v) is 2.92. The summed E-state index contributed by atoms with van der Waals surface area (Å²) in [5.74, 6) is -0.228. The molecule has 0 spiro atoms. The number of nitrogens with two attached hydrogens (primary N) is 1. The van der Waals surface area contributed by atoms with Crippen LogP contribution in [0.1, 0.15) is 33.3 Å². The fourth-order valence-corrected chi connectivity index (χ4v) is 1.72. The SMILES string of the molecule is CC(C)(C)OC(=O)NCC(C)(CN)c1cn[nH]c1[N+](=O)[O-]. The van der Waals surface area contributed by atoms with E-state index in [1.54, 1.807) is 27.7 Å². The lowest BCUT2D eigenvalue weighted by Gasteiger charge is -2.27. The molecule has 0 aliphatic rings. The van der Waals surface area contributed by atoms with E-state index in [1.807, 2.05) is 0 Å². The fourth-order valence-electron chi connectivity index (χ4n) is 1.72. The van der Waals surface area contributed by atoms with Crippen molar-refractivity contribution in [3.8, 4) is 0 Å². The number of ether oxygens (including phenoxy) is 1. The van der Waals surface area contributed by atoms with E-state index in [0.717, 1.165) is 0 Å². The van der Waals surface area contributed by atoms with Crippen molar-refractivity contribution in [3.63, 3.8) is 0 Å². The molecule has 1 atom stereocenters. The summed E-state index contributed by atoms with van der Waals surface area (Å²) < 4.78 is 5.12. The molecule has 1 aromatic heterocycles. The number of nitrogens with one attached hydrogen (secondary N) is 2. The van der Waals surface area contributed by atoms with Crippen molar-refractivity contribution in [3.05, 3.63) is 21.9 Å². The standard InChI is InChI=1S/C12H21N5O4/c1-11(2,3)21-10(18)14-7-12(4,6-13)8-5-15-16-9(8)17(19)20/h5H,6-7,13H2,1-4H3,(H,14,18)(H,15,16). The highest BCUT2D eigenvalue weighted by molar-refractivity contribution is 5.68. The maximum Gasteiger partial charge on any atom is 0.407 e. The zero-order valence-electron chi connectivity index (χ0n) is 12.6. The predicted octanol–water partition coefficient (Wildman–Crippen LogP) is 1.06. The number of hydrogen-bond donors (Lipinski definition) is 3. The summed E-state index contributed by atoms with van der Waals surface area (Å²) in [5, 5.41) is 19.5. The van der Waals surface area contributed by atoms with Crippen molar-refractivity contribution in [1.29, 1.82) is 0 Å². The normalized spacial score (nSPS) is 14.3. The number of carbonyl (C=O) groups excluding carboxylic acids is 1. The monoisotopic (exact) mass is 299 g/mol. The smallest absolute Gasteiger partial charge is 0.407 e. The van der Waals surface area contributed by atoms with Crippen molar-refractivity contribution < 1.29 is 14.5 Å². The molecule has 0 saturated heterocycles. The first-order chi connectivity index (χ1) is 9.59. The van der Waals surface area contributed by atoms with Gasteiger partial charge in [0.1, 0.15) is 5.60 Å². The Morgan fingerprint density at radius 2 is 2.14 bits per heavy atom. The van der Waals surface area contributed by atoms with Crippen LogP contribution in [0.25, 0.3) is 0 Å². The molecule has 21 heavy (non-hydrogen) atoms. The first-order valence-electron chi connectivity index (χ1n) is 6.44. The van der Waals surface area contributed by atoms with Crippen LogP contribution in [0.5, 0.6) is 0 Å². The number of aromatic amines is 1. The molecule has 0 radical (unpaired) electrons. The topological polar surface area (TPSA) is 136 Å². The third-order valence-electron chi connectivity index (χ3n) is 2.92. The maximum absolute atomic E-state index is 11.7. The van der Waals surface area contributed by atoms with Crippen molar-refractivity contribution in [2.75, 3.05) is 13.1 Å². The number of rotatable bonds is 5. The van der Waals surface area contributed by atoms with Gasteiger partial charge in [0.25, 0.3) is 0 Å². The summed E-state index contributed by atoms with van der Waals surface area (Å²) >= 11 is 0. The molecule has 0 aliphatic carbocycles. The Kier molecular flexibility index (Phi) is 4.89. The van der Waals surface area contributed by atoms with Crippen LogP contribution in [0.3, 0.4) is 0 Å². The van der Waals surface area contributed by atoms with E-state index < -0.39 is 22.0 Å². The molecule has 1 aromatic rings. The summed E-state index contributed by atoms with van der Waals surface area (Å²) in [7, 11) is 0. The third kappa shape index (κ3) is 4.42. The van der Waals surface area contributed by atoms with Crippen LogP contribution in [-0.2, 0) is 10.2 Å². The van der Waals surface area contributed by atoms with Crippen molar-refractivity contribution in [2.24, 2.45) is 5.73 Å². The van der Waals surface area contributed by atoms with Crippen molar-refractivity contribution in [1.82, 2.24) is 15.5 Å². The first-order valence-corrected chi connectivity index (χ1v) is 6.44. The molecule has 1 amide bonds. The number of H-pyrrole nitrogens is 1. The lowest BCUT2D eigenvalue weighted by atomic mass is 9.84. The molecule has 0 saturated carbocycles. The van der Waals surface area contributed by atoms with Gasteiger partial charge in [-0.05, 0) is 25.7 Å². The molecule has 0 bridgehead atoms. The number of alkyl carbamates (subject to hydrolysis) is 1. The van der Waals surface area contributed by atoms with E-state index in [0.29, 0.717) is 5.56 Å². The summed E-state index contributed by atoms with van der Waals surface area (Å²) in [6.45, 7) is 7.14. The van der Waals surface area contributed by atoms with E-state index in [9.17, 15) is 14.9 Å². The van der Waals surface area contributed by atoms with Crippen LogP contribution in [-0.4, -0.2) is 39.9 Å².